The lowest BCUT2D eigenvalue weighted by Gasteiger charge is -2.26. The second-order valence-corrected chi connectivity index (χ2v) is 8.20. The Morgan fingerprint density at radius 1 is 1.17 bits per heavy atom. The predicted octanol–water partition coefficient (Wildman–Crippen LogP) is 4.07. The van der Waals surface area contributed by atoms with Gasteiger partial charge in [-0.25, -0.2) is 9.78 Å². The molecule has 9 heteroatoms. The lowest BCUT2D eigenvalue weighted by molar-refractivity contribution is 0.251. The molecule has 3 rings (SSSR count). The Balaban J connectivity index is 1.57. The van der Waals surface area contributed by atoms with Gasteiger partial charge in [0.15, 0.2) is 16.6 Å². The lowest BCUT2D eigenvalue weighted by Crippen LogP contribution is -2.28. The molecule has 2 amide bonds. The number of benzene rings is 1. The van der Waals surface area contributed by atoms with Gasteiger partial charge in [-0.05, 0) is 36.5 Å². The quantitative estimate of drug-likeness (QED) is 0.578. The summed E-state index contributed by atoms with van der Waals surface area (Å²) < 4.78 is 16.0. The zero-order valence-electron chi connectivity index (χ0n) is 17.7. The van der Waals surface area contributed by atoms with E-state index < -0.39 is 0 Å². The zero-order chi connectivity index (χ0) is 21.5. The van der Waals surface area contributed by atoms with Crippen molar-refractivity contribution in [2.75, 3.05) is 26.6 Å². The molecule has 2 aromatic rings. The van der Waals surface area contributed by atoms with Crippen molar-refractivity contribution in [1.29, 1.82) is 0 Å². The summed E-state index contributed by atoms with van der Waals surface area (Å²) in [6.45, 7) is 0.294. The molecule has 0 saturated heterocycles. The number of carbonyl (C=O) groups excluding carboxylic acids is 1. The zero-order valence-corrected chi connectivity index (χ0v) is 18.5. The number of thiazole rings is 1. The van der Waals surface area contributed by atoms with Crippen LogP contribution >= 0.6 is 11.3 Å². The van der Waals surface area contributed by atoms with Gasteiger partial charge in [0, 0.05) is 11.9 Å². The number of nitrogens with zero attached hydrogens (tertiary/aromatic N) is 1. The number of aromatic nitrogens is 1. The Hall–Kier alpha value is -2.52. The topological polar surface area (TPSA) is 108 Å². The van der Waals surface area contributed by atoms with E-state index in [0.717, 1.165) is 24.1 Å². The highest BCUT2D eigenvalue weighted by molar-refractivity contribution is 7.13. The number of ether oxygens (including phenoxy) is 3. The molecule has 1 unspecified atom stereocenters. The first-order valence-corrected chi connectivity index (χ1v) is 11.0. The van der Waals surface area contributed by atoms with E-state index in [4.69, 9.17) is 19.9 Å². The molecule has 1 heterocycles. The molecule has 8 nitrogen and oxygen atoms in total. The molecule has 0 aliphatic heterocycles. The summed E-state index contributed by atoms with van der Waals surface area (Å²) >= 11 is 1.39. The van der Waals surface area contributed by atoms with Gasteiger partial charge < -0.3 is 25.3 Å². The van der Waals surface area contributed by atoms with Crippen LogP contribution in [-0.2, 0) is 6.54 Å². The minimum atomic E-state index is -0.337. The van der Waals surface area contributed by atoms with Crippen molar-refractivity contribution >= 4 is 22.5 Å². The molecule has 1 aliphatic rings. The SMILES string of the molecule is COc1cc(CNC(=O)Nc2nc(C(N)C3CCCCC3)cs2)cc(OC)c1OC. The van der Waals surface area contributed by atoms with Crippen LogP contribution < -0.4 is 30.6 Å². The number of nitrogens with two attached hydrogens (primary N) is 1. The summed E-state index contributed by atoms with van der Waals surface area (Å²) in [6.07, 6.45) is 6.06. The Labute approximate surface area is 181 Å². The third kappa shape index (κ3) is 5.34. The number of urea groups is 1. The molecule has 1 aliphatic carbocycles. The number of amides is 2. The lowest BCUT2D eigenvalue weighted by atomic mass is 9.83. The van der Waals surface area contributed by atoms with Crippen LogP contribution in [0.5, 0.6) is 17.2 Å². The van der Waals surface area contributed by atoms with Crippen molar-refractivity contribution in [2.24, 2.45) is 11.7 Å². The number of nitrogens with one attached hydrogen (secondary N) is 2. The Kier molecular flexibility index (Phi) is 7.75. The van der Waals surface area contributed by atoms with Gasteiger partial charge in [-0.15, -0.1) is 11.3 Å². The van der Waals surface area contributed by atoms with E-state index in [9.17, 15) is 4.79 Å². The van der Waals surface area contributed by atoms with Crippen LogP contribution in [0.3, 0.4) is 0 Å². The van der Waals surface area contributed by atoms with Crippen LogP contribution in [0.15, 0.2) is 17.5 Å². The fraction of sp³-hybridized carbons (Fsp3) is 0.524. The van der Waals surface area contributed by atoms with E-state index in [1.807, 2.05) is 5.38 Å². The largest absolute Gasteiger partial charge is 0.493 e. The second-order valence-electron chi connectivity index (χ2n) is 7.34. The number of rotatable bonds is 8. The monoisotopic (exact) mass is 434 g/mol. The van der Waals surface area contributed by atoms with Crippen molar-refractivity contribution < 1.29 is 19.0 Å². The minimum Gasteiger partial charge on any atom is -0.493 e. The Morgan fingerprint density at radius 2 is 1.83 bits per heavy atom. The standard InChI is InChI=1S/C21H30N4O4S/c1-27-16-9-13(10-17(28-2)19(16)29-3)11-23-20(26)25-21-24-15(12-30-21)18(22)14-7-5-4-6-8-14/h9-10,12,14,18H,4-8,11,22H2,1-3H3,(H2,23,24,25,26). The number of hydrogen-bond donors (Lipinski definition) is 3. The molecule has 0 spiro atoms. The van der Waals surface area contributed by atoms with E-state index >= 15 is 0 Å². The summed E-state index contributed by atoms with van der Waals surface area (Å²) in [4.78, 5) is 16.8. The van der Waals surface area contributed by atoms with Crippen LogP contribution in [0.4, 0.5) is 9.93 Å². The molecular weight excluding hydrogens is 404 g/mol. The van der Waals surface area contributed by atoms with Gasteiger partial charge in [0.25, 0.3) is 0 Å². The summed E-state index contributed by atoms with van der Waals surface area (Å²) in [5, 5.41) is 8.09. The summed E-state index contributed by atoms with van der Waals surface area (Å²) in [5.74, 6) is 2.06. The van der Waals surface area contributed by atoms with Gasteiger partial charge in [-0.3, -0.25) is 5.32 Å². The van der Waals surface area contributed by atoms with E-state index in [-0.39, 0.29) is 12.1 Å². The van der Waals surface area contributed by atoms with Gasteiger partial charge in [-0.1, -0.05) is 19.3 Å². The van der Waals surface area contributed by atoms with Crippen molar-refractivity contribution in [1.82, 2.24) is 10.3 Å². The average molecular weight is 435 g/mol. The maximum Gasteiger partial charge on any atom is 0.321 e. The molecule has 30 heavy (non-hydrogen) atoms. The molecule has 1 aromatic carbocycles. The number of hydrogen-bond acceptors (Lipinski definition) is 7. The van der Waals surface area contributed by atoms with Gasteiger partial charge in [0.2, 0.25) is 5.75 Å². The third-order valence-electron chi connectivity index (χ3n) is 5.42. The molecule has 164 valence electrons. The van der Waals surface area contributed by atoms with Crippen LogP contribution in [-0.4, -0.2) is 32.3 Å². The van der Waals surface area contributed by atoms with E-state index in [2.05, 4.69) is 15.6 Å². The first kappa shape index (κ1) is 22.2. The smallest absolute Gasteiger partial charge is 0.321 e. The van der Waals surface area contributed by atoms with Crippen LogP contribution in [0.2, 0.25) is 0 Å². The van der Waals surface area contributed by atoms with Crippen molar-refractivity contribution in [3.63, 3.8) is 0 Å². The molecule has 0 bridgehead atoms. The Morgan fingerprint density at radius 3 is 2.43 bits per heavy atom. The fourth-order valence-corrected chi connectivity index (χ4v) is 4.54. The molecule has 0 radical (unpaired) electrons. The molecule has 1 atom stereocenters. The normalized spacial score (nSPS) is 15.3. The Bertz CT molecular complexity index is 826. The number of carbonyl (C=O) groups is 1. The minimum absolute atomic E-state index is 0.0700. The van der Waals surface area contributed by atoms with Gasteiger partial charge in [0.1, 0.15) is 0 Å². The predicted molar refractivity (Wildman–Crippen MR) is 118 cm³/mol. The summed E-state index contributed by atoms with van der Waals surface area (Å²) in [7, 11) is 4.66. The molecule has 1 aromatic heterocycles. The summed E-state index contributed by atoms with van der Waals surface area (Å²) in [6, 6.07) is 3.19. The van der Waals surface area contributed by atoms with Crippen LogP contribution in [0.1, 0.15) is 49.4 Å². The van der Waals surface area contributed by atoms with E-state index in [0.29, 0.717) is 34.8 Å². The average Bonchev–Trinajstić information content (AvgIpc) is 3.25. The maximum atomic E-state index is 12.3. The highest BCUT2D eigenvalue weighted by Crippen LogP contribution is 2.38. The third-order valence-corrected chi connectivity index (χ3v) is 6.20. The van der Waals surface area contributed by atoms with Crippen LogP contribution in [0.25, 0.3) is 0 Å². The van der Waals surface area contributed by atoms with Crippen molar-refractivity contribution in [3.8, 4) is 17.2 Å². The summed E-state index contributed by atoms with van der Waals surface area (Å²) in [5.41, 5.74) is 8.08. The highest BCUT2D eigenvalue weighted by atomic mass is 32.1. The molecule has 1 fully saturated rings. The second kappa shape index (κ2) is 10.5. The van der Waals surface area contributed by atoms with Crippen LogP contribution in [0, 0.1) is 5.92 Å². The van der Waals surface area contributed by atoms with Gasteiger partial charge in [-0.2, -0.15) is 0 Å². The van der Waals surface area contributed by atoms with Gasteiger partial charge >= 0.3 is 6.03 Å². The fourth-order valence-electron chi connectivity index (χ4n) is 3.79. The number of methoxy groups -OCH3 is 3. The highest BCUT2D eigenvalue weighted by Gasteiger charge is 2.24. The van der Waals surface area contributed by atoms with Crippen molar-refractivity contribution in [3.05, 3.63) is 28.8 Å². The van der Waals surface area contributed by atoms with E-state index in [1.165, 1.54) is 30.6 Å². The van der Waals surface area contributed by atoms with Crippen molar-refractivity contribution in [2.45, 2.75) is 44.7 Å². The van der Waals surface area contributed by atoms with E-state index in [1.54, 1.807) is 33.5 Å². The molecule has 1 saturated carbocycles. The first-order valence-electron chi connectivity index (χ1n) is 10.1. The maximum absolute atomic E-state index is 12.3. The van der Waals surface area contributed by atoms with Gasteiger partial charge in [0.05, 0.1) is 33.1 Å². The molecular formula is C21H30N4O4S. The number of anilines is 1. The first-order chi connectivity index (χ1) is 14.5. The molecule has 4 N–H and O–H groups in total.